The molecule has 1 aliphatic rings. The van der Waals surface area contributed by atoms with Gasteiger partial charge in [-0.3, -0.25) is 72.5 Å². The number of carbonyl (C=O) groups is 12. The summed E-state index contributed by atoms with van der Waals surface area (Å²) in [6.45, 7) is 5.22. The number of fused-ring (bicyclic) bond motifs is 1. The van der Waals surface area contributed by atoms with Gasteiger partial charge in [0.2, 0.25) is 70.9 Å². The van der Waals surface area contributed by atoms with E-state index in [0.717, 1.165) is 16.3 Å². The molecule has 3 aromatic carbocycles. The molecule has 0 spiro atoms. The lowest BCUT2D eigenvalue weighted by Crippen LogP contribution is -2.62. The van der Waals surface area contributed by atoms with Crippen molar-refractivity contribution in [1.82, 2.24) is 62.7 Å². The van der Waals surface area contributed by atoms with Crippen LogP contribution in [0.25, 0.3) is 10.8 Å². The minimum absolute atomic E-state index is 0.0186. The van der Waals surface area contributed by atoms with Gasteiger partial charge in [-0.2, -0.15) is 0 Å². The van der Waals surface area contributed by atoms with Crippen LogP contribution in [0.3, 0.4) is 0 Å². The van der Waals surface area contributed by atoms with E-state index in [1.54, 1.807) is 62.4 Å². The number of pyridine rings is 2. The highest BCUT2D eigenvalue weighted by Crippen LogP contribution is 2.23. The van der Waals surface area contributed by atoms with E-state index in [0.29, 0.717) is 28.1 Å². The van der Waals surface area contributed by atoms with Crippen molar-refractivity contribution in [1.29, 1.82) is 0 Å². The van der Waals surface area contributed by atoms with Gasteiger partial charge in [0.15, 0.2) is 5.96 Å². The summed E-state index contributed by atoms with van der Waals surface area (Å²) in [5, 5.41) is 36.2. The minimum atomic E-state index is -1.90. The van der Waals surface area contributed by atoms with E-state index in [1.165, 1.54) is 43.5 Å². The molecule has 30 nitrogen and oxygen atoms in total. The largest absolute Gasteiger partial charge is 0.394 e. The number of aliphatic hydroxyl groups is 1. The molecule has 0 radical (unpaired) electrons. The van der Waals surface area contributed by atoms with E-state index >= 15 is 0 Å². The maximum Gasteiger partial charge on any atom is 0.245 e. The van der Waals surface area contributed by atoms with Gasteiger partial charge in [-0.1, -0.05) is 92.2 Å². The molecule has 0 aliphatic carbocycles. The number of benzene rings is 3. The molecule has 0 saturated carbocycles. The third-order valence-corrected chi connectivity index (χ3v) is 16.2. The Bertz CT molecular complexity index is 3650. The van der Waals surface area contributed by atoms with Crippen LogP contribution in [0.5, 0.6) is 0 Å². The fraction of sp³-hybridized carbons (Fsp3) is 0.418. The van der Waals surface area contributed by atoms with Crippen molar-refractivity contribution in [2.45, 2.75) is 152 Å². The second-order valence-electron chi connectivity index (χ2n) is 24.2. The van der Waals surface area contributed by atoms with Gasteiger partial charge in [-0.05, 0) is 102 Å². The minimum Gasteiger partial charge on any atom is -0.394 e. The number of amides is 12. The maximum absolute atomic E-state index is 14.7. The number of hydrogen-bond donors (Lipinski definition) is 14. The molecule has 0 unspecified atom stereocenters. The average Bonchev–Trinajstić information content (AvgIpc) is 1.15. The second-order valence-corrected chi connectivity index (χ2v) is 24.7. The Labute approximate surface area is 571 Å². The Balaban J connectivity index is 1.22. The van der Waals surface area contributed by atoms with Crippen molar-refractivity contribution < 1.29 is 62.6 Å². The Morgan fingerprint density at radius 1 is 0.571 bits per heavy atom. The van der Waals surface area contributed by atoms with Gasteiger partial charge < -0.3 is 80.8 Å². The highest BCUT2D eigenvalue weighted by Gasteiger charge is 2.40. The number of nitrogens with two attached hydrogens (primary N) is 4. The summed E-state index contributed by atoms with van der Waals surface area (Å²) >= 11 is 6.21. The molecular formula is C67H86ClN17O13. The number of primary amides is 2. The van der Waals surface area contributed by atoms with Crippen LogP contribution >= 0.6 is 11.6 Å². The van der Waals surface area contributed by atoms with Gasteiger partial charge in [0.25, 0.3) is 0 Å². The van der Waals surface area contributed by atoms with Crippen LogP contribution in [0, 0.1) is 5.92 Å². The van der Waals surface area contributed by atoms with Crippen LogP contribution in [-0.2, 0) is 83.2 Å². The number of hydrogen-bond acceptors (Lipinski definition) is 16. The summed E-state index contributed by atoms with van der Waals surface area (Å²) in [7, 11) is 0. The molecule has 1 fully saturated rings. The zero-order chi connectivity index (χ0) is 71.6. The number of rotatable bonds is 36. The van der Waals surface area contributed by atoms with Gasteiger partial charge in [0.1, 0.15) is 60.4 Å². The molecule has 3 heterocycles. The average molecular weight is 1370 g/mol. The Morgan fingerprint density at radius 3 is 1.60 bits per heavy atom. The fourth-order valence-electron chi connectivity index (χ4n) is 11.0. The highest BCUT2D eigenvalue weighted by molar-refractivity contribution is 6.30. The number of aliphatic hydroxyl groups excluding tert-OH is 1. The topological polar surface area (TPSA) is 479 Å². The number of nitrogens with zero attached hydrogens (tertiary/aromatic N) is 4. The number of aliphatic imine (C=N–C) groups is 1. The molecular weight excluding hydrogens is 1290 g/mol. The third-order valence-electron chi connectivity index (χ3n) is 16.0. The molecule has 0 bridgehead atoms. The molecule has 6 rings (SSSR count). The number of guanidine groups is 1. The molecule has 12 amide bonds. The molecule has 5 aromatic rings. The van der Waals surface area contributed by atoms with Gasteiger partial charge in [0.05, 0.1) is 13.0 Å². The van der Waals surface area contributed by atoms with Gasteiger partial charge in [-0.25, -0.2) is 0 Å². The normalized spacial score (nSPS) is 15.4. The van der Waals surface area contributed by atoms with Crippen molar-refractivity contribution in [3.05, 3.63) is 143 Å². The van der Waals surface area contributed by atoms with Crippen LogP contribution < -0.4 is 70.8 Å². The van der Waals surface area contributed by atoms with Crippen LogP contribution in [0.4, 0.5) is 0 Å². The number of nitrogens with one attached hydrogen (secondary N) is 9. The number of carbonyl (C=O) groups excluding carboxylic acids is 12. The van der Waals surface area contributed by atoms with Crippen LogP contribution in [0.15, 0.2) is 121 Å². The molecule has 524 valence electrons. The quantitative estimate of drug-likeness (QED) is 0.0122. The summed E-state index contributed by atoms with van der Waals surface area (Å²) < 4.78 is 0. The fourth-order valence-corrected chi connectivity index (χ4v) is 11.1. The summed E-state index contributed by atoms with van der Waals surface area (Å²) in [6, 6.07) is 11.4. The summed E-state index contributed by atoms with van der Waals surface area (Å²) in [5.74, 6) is -11.1. The first-order valence-electron chi connectivity index (χ1n) is 31.9. The number of likely N-dealkylation sites (tertiary alicyclic amines) is 1. The van der Waals surface area contributed by atoms with Crippen LogP contribution in [-0.4, -0.2) is 177 Å². The summed E-state index contributed by atoms with van der Waals surface area (Å²) in [6.07, 6.45) is 4.93. The molecule has 31 heteroatoms. The molecule has 18 N–H and O–H groups in total. The molecule has 1 aliphatic heterocycles. The lowest BCUT2D eigenvalue weighted by atomic mass is 9.97. The third kappa shape index (κ3) is 23.9. The lowest BCUT2D eigenvalue weighted by molar-refractivity contribution is -0.142. The van der Waals surface area contributed by atoms with E-state index in [-0.39, 0.29) is 76.3 Å². The van der Waals surface area contributed by atoms with E-state index in [4.69, 9.17) is 34.5 Å². The van der Waals surface area contributed by atoms with Crippen LogP contribution in [0.2, 0.25) is 5.02 Å². The first-order valence-corrected chi connectivity index (χ1v) is 32.3. The smallest absolute Gasteiger partial charge is 0.245 e. The van der Waals surface area contributed by atoms with E-state index in [9.17, 15) is 62.6 Å². The Kier molecular flexibility index (Phi) is 29.3. The first kappa shape index (κ1) is 76.4. The van der Waals surface area contributed by atoms with E-state index < -0.39 is 144 Å². The van der Waals surface area contributed by atoms with Crippen molar-refractivity contribution in [2.24, 2.45) is 33.8 Å². The molecule has 10 atom stereocenters. The summed E-state index contributed by atoms with van der Waals surface area (Å²) in [4.78, 5) is 180. The van der Waals surface area contributed by atoms with Crippen molar-refractivity contribution in [2.75, 3.05) is 19.7 Å². The maximum atomic E-state index is 14.7. The number of halogens is 1. The monoisotopic (exact) mass is 1370 g/mol. The second kappa shape index (κ2) is 37.6. The van der Waals surface area contributed by atoms with E-state index in [1.807, 2.05) is 42.5 Å². The zero-order valence-corrected chi connectivity index (χ0v) is 55.6. The van der Waals surface area contributed by atoms with E-state index in [2.05, 4.69) is 62.8 Å². The van der Waals surface area contributed by atoms with Gasteiger partial charge in [-0.15, -0.1) is 0 Å². The highest BCUT2D eigenvalue weighted by atomic mass is 35.5. The molecule has 1 saturated heterocycles. The van der Waals surface area contributed by atoms with Crippen LogP contribution in [0.1, 0.15) is 88.5 Å². The Morgan fingerprint density at radius 2 is 1.07 bits per heavy atom. The van der Waals surface area contributed by atoms with Gasteiger partial charge >= 0.3 is 0 Å². The first-order chi connectivity index (χ1) is 46.7. The molecule has 2 aromatic heterocycles. The lowest BCUT2D eigenvalue weighted by Gasteiger charge is -2.31. The zero-order valence-electron chi connectivity index (χ0n) is 54.8. The standard InChI is InChI=1S/C67H86ClN17O13/c1-37(2)28-48(58(90)78-47(18-10-26-75-67(71)72)66(98)85-27-11-19-55(85)65(97)76-38(3)57(70)89)79-60(92)50(30-41-12-8-24-73-34-41)82-63(95)53(33-56(69)88)83-64(96)54(36-86)84-61(93)51(31-42-13-9-25-74-35-42)81-59(91)49(29-40-20-22-45(68)23-21-40)80-62(94)52(77-39(4)87)32-44-16-7-15-43-14-5-6-17-46(43)44/h5-9,12-17,20-25,34-35,37-38,47-55,86H,10-11,18-19,26-33,36H2,1-4H3,(H2,69,88)(H2,70,89)(H,76,97)(H,77,87)(H,78,90)(H,79,92)(H,80,94)(H,81,91)(H,82,95)(H,83,96)(H,84,93)(H4,71,72,75)/t38-,47+,48+,49-,50-,51-,52-,53+,54+,55+/m1/s1. The van der Waals surface area contributed by atoms with Crippen molar-refractivity contribution in [3.8, 4) is 0 Å². The SMILES string of the molecule is CC(=O)N[C@H](Cc1cccc2ccccc12)C(=O)N[C@H](Cc1ccc(Cl)cc1)C(=O)N[C@H](Cc1cccnc1)C(=O)N[C@@H](CO)C(=O)N[C@@H](CC(N)=O)C(=O)N[C@H](Cc1cccnc1)C(=O)N[C@@H](CC(C)C)C(=O)N[C@@H](CCCN=C(N)N)C(=O)N1CCC[C@H]1C(=O)N[C@H](C)C(N)=O. The summed E-state index contributed by atoms with van der Waals surface area (Å²) in [5.41, 5.74) is 24.2. The van der Waals surface area contributed by atoms with Gasteiger partial charge in [0, 0.05) is 75.5 Å². The predicted molar refractivity (Wildman–Crippen MR) is 362 cm³/mol. The van der Waals surface area contributed by atoms with Crippen molar-refractivity contribution in [3.63, 3.8) is 0 Å². The molecule has 98 heavy (non-hydrogen) atoms. The Hall–Kier alpha value is -10.6. The van der Waals surface area contributed by atoms with Crippen molar-refractivity contribution >= 4 is 99.2 Å². The number of aromatic nitrogens is 2. The predicted octanol–water partition coefficient (Wildman–Crippen LogP) is -1.60.